The number of hydrogen-bond donors (Lipinski definition) is 3. The van der Waals surface area contributed by atoms with Crippen LogP contribution in [0.3, 0.4) is 0 Å². The van der Waals surface area contributed by atoms with Gasteiger partial charge in [0.2, 0.25) is 5.91 Å². The number of benzene rings is 2. The summed E-state index contributed by atoms with van der Waals surface area (Å²) in [6.45, 7) is 1.02. The third kappa shape index (κ3) is 5.80. The summed E-state index contributed by atoms with van der Waals surface area (Å²) >= 11 is 0. The molecule has 1 aliphatic heterocycles. The highest BCUT2D eigenvalue weighted by Crippen LogP contribution is 2.44. The van der Waals surface area contributed by atoms with Gasteiger partial charge in [0.25, 0.3) is 0 Å². The SMILES string of the molecule is O=C(O)CC(NC(=O)OCC1c2ccccc2-c2ccccc21)C(=O)N1CCC(OCCO)CC1. The van der Waals surface area contributed by atoms with Crippen LogP contribution in [0.4, 0.5) is 4.79 Å². The standard InChI is InChI=1S/C26H30N2O7/c29-13-14-34-17-9-11-28(12-10-17)25(32)23(15-24(30)31)27-26(33)35-16-22-20-7-3-1-5-18(20)19-6-2-4-8-21(19)22/h1-8,17,22-23,29H,9-16H2,(H,27,33)(H,30,31). The number of amides is 2. The number of likely N-dealkylation sites (tertiary alicyclic amines) is 1. The molecule has 9 nitrogen and oxygen atoms in total. The number of carboxylic acids is 1. The van der Waals surface area contributed by atoms with E-state index >= 15 is 0 Å². The number of aliphatic carboxylic acids is 1. The molecule has 2 aromatic rings. The lowest BCUT2D eigenvalue weighted by atomic mass is 9.98. The molecule has 1 unspecified atom stereocenters. The number of ether oxygens (including phenoxy) is 2. The first-order valence-electron chi connectivity index (χ1n) is 11.8. The third-order valence-corrected chi connectivity index (χ3v) is 6.51. The van der Waals surface area contributed by atoms with Gasteiger partial charge in [-0.25, -0.2) is 4.79 Å². The predicted octanol–water partition coefficient (Wildman–Crippen LogP) is 2.37. The second-order valence-electron chi connectivity index (χ2n) is 8.74. The molecule has 1 aliphatic carbocycles. The summed E-state index contributed by atoms with van der Waals surface area (Å²) in [5, 5.41) is 20.7. The number of carboxylic acid groups (broad SMARTS) is 1. The number of fused-ring (bicyclic) bond motifs is 3. The Labute approximate surface area is 203 Å². The first kappa shape index (κ1) is 24.7. The van der Waals surface area contributed by atoms with E-state index in [1.807, 2.05) is 48.5 Å². The Morgan fingerprint density at radius 1 is 1.00 bits per heavy atom. The Hall–Kier alpha value is -3.43. The quantitative estimate of drug-likeness (QED) is 0.501. The fourth-order valence-corrected chi connectivity index (χ4v) is 4.84. The highest BCUT2D eigenvalue weighted by atomic mass is 16.5. The second kappa shape index (κ2) is 11.3. The summed E-state index contributed by atoms with van der Waals surface area (Å²) in [6, 6.07) is 14.7. The lowest BCUT2D eigenvalue weighted by molar-refractivity contribution is -0.143. The largest absolute Gasteiger partial charge is 0.481 e. The topological polar surface area (TPSA) is 125 Å². The molecule has 1 saturated heterocycles. The lowest BCUT2D eigenvalue weighted by Crippen LogP contribution is -2.52. The molecule has 9 heteroatoms. The highest BCUT2D eigenvalue weighted by molar-refractivity contribution is 5.89. The van der Waals surface area contributed by atoms with Gasteiger partial charge in [-0.15, -0.1) is 0 Å². The zero-order valence-corrected chi connectivity index (χ0v) is 19.4. The van der Waals surface area contributed by atoms with Crippen molar-refractivity contribution in [3.05, 3.63) is 59.7 Å². The average Bonchev–Trinajstić information content (AvgIpc) is 3.19. The van der Waals surface area contributed by atoms with Gasteiger partial charge in [-0.1, -0.05) is 48.5 Å². The minimum absolute atomic E-state index is 0.0563. The first-order valence-corrected chi connectivity index (χ1v) is 11.8. The van der Waals surface area contributed by atoms with E-state index in [4.69, 9.17) is 14.6 Å². The van der Waals surface area contributed by atoms with Crippen molar-refractivity contribution in [1.29, 1.82) is 0 Å². The minimum atomic E-state index is -1.22. The number of rotatable bonds is 9. The van der Waals surface area contributed by atoms with Crippen LogP contribution in [0.5, 0.6) is 0 Å². The predicted molar refractivity (Wildman–Crippen MR) is 127 cm³/mol. The van der Waals surface area contributed by atoms with Crippen molar-refractivity contribution in [2.24, 2.45) is 0 Å². The molecule has 186 valence electrons. The van der Waals surface area contributed by atoms with Gasteiger partial charge in [0.05, 0.1) is 25.7 Å². The molecular formula is C26H30N2O7. The van der Waals surface area contributed by atoms with Gasteiger partial charge in [-0.3, -0.25) is 9.59 Å². The molecule has 2 aromatic carbocycles. The molecule has 0 saturated carbocycles. The molecule has 3 N–H and O–H groups in total. The van der Waals surface area contributed by atoms with E-state index < -0.39 is 30.4 Å². The molecular weight excluding hydrogens is 452 g/mol. The fourth-order valence-electron chi connectivity index (χ4n) is 4.84. The fraction of sp³-hybridized carbons (Fsp3) is 0.423. The molecule has 0 aromatic heterocycles. The summed E-state index contributed by atoms with van der Waals surface area (Å²) < 4.78 is 11.0. The van der Waals surface area contributed by atoms with Crippen LogP contribution in [-0.4, -0.2) is 78.1 Å². The number of aliphatic hydroxyl groups excluding tert-OH is 1. The molecule has 2 amide bonds. The highest BCUT2D eigenvalue weighted by Gasteiger charge is 2.33. The number of alkyl carbamates (subject to hydrolysis) is 1. The van der Waals surface area contributed by atoms with E-state index in [-0.39, 0.29) is 31.8 Å². The Morgan fingerprint density at radius 3 is 2.17 bits per heavy atom. The Morgan fingerprint density at radius 2 is 1.60 bits per heavy atom. The van der Waals surface area contributed by atoms with Crippen molar-refractivity contribution in [2.75, 3.05) is 32.9 Å². The van der Waals surface area contributed by atoms with E-state index in [1.54, 1.807) is 0 Å². The maximum Gasteiger partial charge on any atom is 0.407 e. The minimum Gasteiger partial charge on any atom is -0.481 e. The van der Waals surface area contributed by atoms with Crippen LogP contribution in [0.2, 0.25) is 0 Å². The summed E-state index contributed by atoms with van der Waals surface area (Å²) in [5.41, 5.74) is 4.32. The van der Waals surface area contributed by atoms with Crippen LogP contribution in [0.25, 0.3) is 11.1 Å². The van der Waals surface area contributed by atoms with E-state index in [0.717, 1.165) is 22.3 Å². The van der Waals surface area contributed by atoms with Gasteiger partial charge in [-0.05, 0) is 35.1 Å². The van der Waals surface area contributed by atoms with E-state index in [1.165, 1.54) is 4.90 Å². The van der Waals surface area contributed by atoms with Gasteiger partial charge < -0.3 is 29.9 Å². The van der Waals surface area contributed by atoms with Gasteiger partial charge in [0, 0.05) is 19.0 Å². The van der Waals surface area contributed by atoms with Crippen molar-refractivity contribution in [1.82, 2.24) is 10.2 Å². The molecule has 35 heavy (non-hydrogen) atoms. The maximum atomic E-state index is 13.0. The monoisotopic (exact) mass is 482 g/mol. The van der Waals surface area contributed by atoms with Crippen LogP contribution in [0, 0.1) is 0 Å². The Kier molecular flexibility index (Phi) is 7.99. The Bertz CT molecular complexity index is 1020. The second-order valence-corrected chi connectivity index (χ2v) is 8.74. The number of piperidine rings is 1. The third-order valence-electron chi connectivity index (χ3n) is 6.51. The van der Waals surface area contributed by atoms with Crippen molar-refractivity contribution < 1.29 is 34.1 Å². The van der Waals surface area contributed by atoms with Crippen molar-refractivity contribution in [3.63, 3.8) is 0 Å². The van der Waals surface area contributed by atoms with Crippen molar-refractivity contribution >= 4 is 18.0 Å². The zero-order valence-electron chi connectivity index (χ0n) is 19.4. The summed E-state index contributed by atoms with van der Waals surface area (Å²) in [7, 11) is 0. The average molecular weight is 483 g/mol. The maximum absolute atomic E-state index is 13.0. The summed E-state index contributed by atoms with van der Waals surface area (Å²) in [4.78, 5) is 38.5. The van der Waals surface area contributed by atoms with Gasteiger partial charge >= 0.3 is 12.1 Å². The molecule has 1 atom stereocenters. The van der Waals surface area contributed by atoms with Crippen LogP contribution in [0.1, 0.15) is 36.3 Å². The molecule has 1 heterocycles. The van der Waals surface area contributed by atoms with Gasteiger partial charge in [0.1, 0.15) is 12.6 Å². The van der Waals surface area contributed by atoms with Crippen LogP contribution < -0.4 is 5.32 Å². The zero-order chi connectivity index (χ0) is 24.8. The van der Waals surface area contributed by atoms with E-state index in [9.17, 15) is 19.5 Å². The number of carbonyl (C=O) groups excluding carboxylic acids is 2. The molecule has 0 radical (unpaired) electrons. The number of carbonyl (C=O) groups is 3. The summed E-state index contributed by atoms with van der Waals surface area (Å²) in [5.74, 6) is -1.79. The first-order chi connectivity index (χ1) is 17.0. The number of nitrogens with zero attached hydrogens (tertiary/aromatic N) is 1. The number of hydrogen-bond acceptors (Lipinski definition) is 6. The van der Waals surface area contributed by atoms with E-state index in [2.05, 4.69) is 5.32 Å². The molecule has 2 aliphatic rings. The number of aliphatic hydroxyl groups is 1. The van der Waals surface area contributed by atoms with Crippen LogP contribution in [-0.2, 0) is 19.1 Å². The van der Waals surface area contributed by atoms with Crippen molar-refractivity contribution in [2.45, 2.75) is 37.3 Å². The van der Waals surface area contributed by atoms with Gasteiger partial charge in [-0.2, -0.15) is 0 Å². The molecule has 0 bridgehead atoms. The molecule has 0 spiro atoms. The number of nitrogens with one attached hydrogen (secondary N) is 1. The van der Waals surface area contributed by atoms with Crippen LogP contribution >= 0.6 is 0 Å². The molecule has 4 rings (SSSR count). The lowest BCUT2D eigenvalue weighted by Gasteiger charge is -2.34. The smallest absolute Gasteiger partial charge is 0.407 e. The van der Waals surface area contributed by atoms with Crippen molar-refractivity contribution in [3.8, 4) is 11.1 Å². The normalized spacial score (nSPS) is 16.3. The Balaban J connectivity index is 1.36. The van der Waals surface area contributed by atoms with E-state index in [0.29, 0.717) is 25.9 Å². The molecule has 1 fully saturated rings. The van der Waals surface area contributed by atoms with Gasteiger partial charge in [0.15, 0.2) is 0 Å². The van der Waals surface area contributed by atoms with Crippen LogP contribution in [0.15, 0.2) is 48.5 Å². The summed E-state index contributed by atoms with van der Waals surface area (Å²) in [6.07, 6.45) is -0.261.